The van der Waals surface area contributed by atoms with Crippen molar-refractivity contribution in [2.24, 2.45) is 5.92 Å². The Bertz CT molecular complexity index is 858. The normalized spacial score (nSPS) is 14.6. The molecule has 142 valence electrons. The van der Waals surface area contributed by atoms with E-state index in [0.717, 1.165) is 0 Å². The quantitative estimate of drug-likeness (QED) is 0.478. The third kappa shape index (κ3) is 4.08. The van der Waals surface area contributed by atoms with Crippen LogP contribution in [0.15, 0.2) is 35.7 Å². The summed E-state index contributed by atoms with van der Waals surface area (Å²) >= 11 is 1.21. The smallest absolute Gasteiger partial charge is 0.350 e. The lowest BCUT2D eigenvalue weighted by Crippen LogP contribution is -2.38. The Morgan fingerprint density at radius 1 is 1.26 bits per heavy atom. The van der Waals surface area contributed by atoms with Gasteiger partial charge in [-0.15, -0.1) is 11.3 Å². The molecule has 1 aromatic carbocycles. The molecule has 0 bridgehead atoms. The molecule has 0 aliphatic carbocycles. The van der Waals surface area contributed by atoms with E-state index < -0.39 is 5.97 Å². The lowest BCUT2D eigenvalue weighted by atomic mass is 9.95. The summed E-state index contributed by atoms with van der Waals surface area (Å²) in [7, 11) is 1.30. The van der Waals surface area contributed by atoms with Gasteiger partial charge in [0.25, 0.3) is 5.69 Å². The lowest BCUT2D eigenvalue weighted by Gasteiger charge is -2.32. The molecule has 1 saturated heterocycles. The van der Waals surface area contributed by atoms with Gasteiger partial charge < -0.3 is 15.0 Å². The number of benzene rings is 1. The number of hydrogen-bond acceptors (Lipinski definition) is 7. The first-order valence-electron chi connectivity index (χ1n) is 8.46. The number of hydrogen-bond donors (Lipinski definition) is 1. The highest BCUT2D eigenvalue weighted by atomic mass is 32.1. The number of amides is 1. The van der Waals surface area contributed by atoms with Gasteiger partial charge in [0.05, 0.1) is 17.7 Å². The number of nitrogens with zero attached hydrogens (tertiary/aromatic N) is 2. The first-order chi connectivity index (χ1) is 13.0. The number of nitrogens with one attached hydrogen (secondary N) is 1. The Kier molecular flexibility index (Phi) is 5.70. The van der Waals surface area contributed by atoms with Crippen molar-refractivity contribution < 1.29 is 19.2 Å². The number of methoxy groups -OCH3 is 1. The molecular formula is C18H19N3O5S. The molecule has 9 heteroatoms. The SMILES string of the molecule is COC(=O)c1sccc1NC(=O)C1CCN(c2ccccc2[N+](=O)[O-])CC1. The minimum Gasteiger partial charge on any atom is -0.465 e. The number of nitro groups is 1. The average Bonchev–Trinajstić information content (AvgIpc) is 3.15. The lowest BCUT2D eigenvalue weighted by molar-refractivity contribution is -0.384. The molecule has 1 N–H and O–H groups in total. The highest BCUT2D eigenvalue weighted by Gasteiger charge is 2.29. The van der Waals surface area contributed by atoms with Crippen molar-refractivity contribution in [3.63, 3.8) is 0 Å². The highest BCUT2D eigenvalue weighted by molar-refractivity contribution is 7.12. The molecule has 0 saturated carbocycles. The maximum atomic E-state index is 12.6. The van der Waals surface area contributed by atoms with Crippen LogP contribution in [0.25, 0.3) is 0 Å². The van der Waals surface area contributed by atoms with Gasteiger partial charge in [0.2, 0.25) is 5.91 Å². The van der Waals surface area contributed by atoms with Crippen LogP contribution in [0.2, 0.25) is 0 Å². The van der Waals surface area contributed by atoms with E-state index in [1.165, 1.54) is 24.5 Å². The summed E-state index contributed by atoms with van der Waals surface area (Å²) in [6, 6.07) is 8.30. The number of piperidine rings is 1. The number of nitro benzene ring substituents is 1. The zero-order valence-electron chi connectivity index (χ0n) is 14.7. The average molecular weight is 389 g/mol. The van der Waals surface area contributed by atoms with Crippen LogP contribution in [0.1, 0.15) is 22.5 Å². The van der Waals surface area contributed by atoms with Gasteiger partial charge >= 0.3 is 5.97 Å². The van der Waals surface area contributed by atoms with Gasteiger partial charge in [-0.1, -0.05) is 12.1 Å². The molecule has 2 aromatic rings. The predicted molar refractivity (Wildman–Crippen MR) is 102 cm³/mol. The molecule has 2 heterocycles. The van der Waals surface area contributed by atoms with Gasteiger partial charge in [0.15, 0.2) is 0 Å². The van der Waals surface area contributed by atoms with Crippen LogP contribution in [-0.4, -0.2) is 37.0 Å². The van der Waals surface area contributed by atoms with Crippen molar-refractivity contribution in [3.8, 4) is 0 Å². The van der Waals surface area contributed by atoms with E-state index in [0.29, 0.717) is 42.2 Å². The summed E-state index contributed by atoms with van der Waals surface area (Å²) in [5, 5.41) is 15.7. The second-order valence-corrected chi connectivity index (χ2v) is 7.07. The summed E-state index contributed by atoms with van der Waals surface area (Å²) in [6.45, 7) is 1.10. The molecule has 0 unspecified atom stereocenters. The first-order valence-corrected chi connectivity index (χ1v) is 9.34. The summed E-state index contributed by atoms with van der Waals surface area (Å²) in [5.74, 6) is -0.846. The third-order valence-corrected chi connectivity index (χ3v) is 5.47. The number of para-hydroxylation sites is 2. The fraction of sp³-hybridized carbons (Fsp3) is 0.333. The number of esters is 1. The van der Waals surface area contributed by atoms with Crippen LogP contribution in [0, 0.1) is 16.0 Å². The van der Waals surface area contributed by atoms with Crippen LogP contribution in [0.5, 0.6) is 0 Å². The van der Waals surface area contributed by atoms with Crippen molar-refractivity contribution in [2.75, 3.05) is 30.4 Å². The number of carbonyl (C=O) groups excluding carboxylic acids is 2. The molecule has 1 aromatic heterocycles. The van der Waals surface area contributed by atoms with E-state index >= 15 is 0 Å². The largest absolute Gasteiger partial charge is 0.465 e. The maximum absolute atomic E-state index is 12.6. The van der Waals surface area contributed by atoms with Crippen molar-refractivity contribution in [1.82, 2.24) is 0 Å². The highest BCUT2D eigenvalue weighted by Crippen LogP contribution is 2.32. The fourth-order valence-corrected chi connectivity index (χ4v) is 3.93. The van der Waals surface area contributed by atoms with Crippen LogP contribution in [-0.2, 0) is 9.53 Å². The van der Waals surface area contributed by atoms with Crippen LogP contribution in [0.3, 0.4) is 0 Å². The van der Waals surface area contributed by atoms with Crippen molar-refractivity contribution in [2.45, 2.75) is 12.8 Å². The second kappa shape index (κ2) is 8.17. The molecule has 0 atom stereocenters. The number of thiophene rings is 1. The van der Waals surface area contributed by atoms with Gasteiger partial charge in [-0.25, -0.2) is 4.79 Å². The molecule has 27 heavy (non-hydrogen) atoms. The summed E-state index contributed by atoms with van der Waals surface area (Å²) in [4.78, 5) is 37.4. The van der Waals surface area contributed by atoms with Gasteiger partial charge in [0.1, 0.15) is 10.6 Å². The molecule has 1 aliphatic rings. The van der Waals surface area contributed by atoms with Crippen LogP contribution < -0.4 is 10.2 Å². The minimum atomic E-state index is -0.480. The number of rotatable bonds is 5. The molecule has 1 amide bonds. The van der Waals surface area contributed by atoms with Gasteiger partial charge in [0, 0.05) is 25.1 Å². The monoisotopic (exact) mass is 389 g/mol. The number of anilines is 2. The van der Waals surface area contributed by atoms with Crippen molar-refractivity contribution in [3.05, 3.63) is 50.7 Å². The summed E-state index contributed by atoms with van der Waals surface area (Å²) < 4.78 is 4.71. The first kappa shape index (κ1) is 18.8. The predicted octanol–water partition coefficient (Wildman–Crippen LogP) is 3.30. The van der Waals surface area contributed by atoms with Gasteiger partial charge in [-0.2, -0.15) is 0 Å². The van der Waals surface area contributed by atoms with Gasteiger partial charge in [-0.05, 0) is 30.4 Å². The van der Waals surface area contributed by atoms with E-state index in [4.69, 9.17) is 4.74 Å². The zero-order chi connectivity index (χ0) is 19.4. The van der Waals surface area contributed by atoms with E-state index in [2.05, 4.69) is 5.32 Å². The Balaban J connectivity index is 1.63. The molecule has 1 fully saturated rings. The maximum Gasteiger partial charge on any atom is 0.350 e. The second-order valence-electron chi connectivity index (χ2n) is 6.15. The Morgan fingerprint density at radius 3 is 2.63 bits per heavy atom. The number of ether oxygens (including phenoxy) is 1. The van der Waals surface area contributed by atoms with Crippen LogP contribution in [0.4, 0.5) is 17.1 Å². The van der Waals surface area contributed by atoms with Crippen molar-refractivity contribution >= 4 is 40.3 Å². The number of carbonyl (C=O) groups is 2. The van der Waals surface area contributed by atoms with Crippen LogP contribution >= 0.6 is 11.3 Å². The molecular weight excluding hydrogens is 370 g/mol. The van der Waals surface area contributed by atoms with Crippen molar-refractivity contribution in [1.29, 1.82) is 0 Å². The Hall–Kier alpha value is -2.94. The molecule has 1 aliphatic heterocycles. The van der Waals surface area contributed by atoms with E-state index in [1.807, 2.05) is 4.90 Å². The summed E-state index contributed by atoms with van der Waals surface area (Å²) in [6.07, 6.45) is 1.16. The van der Waals surface area contributed by atoms with Gasteiger partial charge in [-0.3, -0.25) is 14.9 Å². The standard InChI is InChI=1S/C18H19N3O5S/c1-26-18(23)16-13(8-11-27-16)19-17(22)12-6-9-20(10-7-12)14-4-2-3-5-15(14)21(24)25/h2-5,8,11-12H,6-7,9-10H2,1H3,(H,19,22). The Labute approximate surface area is 159 Å². The fourth-order valence-electron chi connectivity index (χ4n) is 3.16. The summed E-state index contributed by atoms with van der Waals surface area (Å²) in [5.41, 5.74) is 1.10. The molecule has 0 spiro atoms. The van der Waals surface area contributed by atoms with E-state index in [9.17, 15) is 19.7 Å². The minimum absolute atomic E-state index is 0.0707. The molecule has 3 rings (SSSR count). The third-order valence-electron chi connectivity index (χ3n) is 4.58. The molecule has 0 radical (unpaired) electrons. The Morgan fingerprint density at radius 2 is 1.96 bits per heavy atom. The topological polar surface area (TPSA) is 102 Å². The van der Waals surface area contributed by atoms with E-state index in [1.54, 1.807) is 29.6 Å². The zero-order valence-corrected chi connectivity index (χ0v) is 15.5. The van der Waals surface area contributed by atoms with E-state index in [-0.39, 0.29) is 22.4 Å². The molecule has 8 nitrogen and oxygen atoms in total.